The highest BCUT2D eigenvalue weighted by Crippen LogP contribution is 2.22. The second-order valence-electron chi connectivity index (χ2n) is 6.10. The summed E-state index contributed by atoms with van der Waals surface area (Å²) in [6.07, 6.45) is 4.70. The molecule has 0 spiro atoms. The van der Waals surface area contributed by atoms with Crippen molar-refractivity contribution in [3.05, 3.63) is 29.3 Å². The number of thiazole rings is 1. The Morgan fingerprint density at radius 1 is 1.42 bits per heavy atom. The van der Waals surface area contributed by atoms with Crippen LogP contribution in [0.4, 0.5) is 0 Å². The summed E-state index contributed by atoms with van der Waals surface area (Å²) in [5.41, 5.74) is 3.26. The van der Waals surface area contributed by atoms with E-state index in [1.165, 1.54) is 17.6 Å². The number of sulfonamides is 1. The Kier molecular flexibility index (Phi) is 5.17. The molecule has 0 bridgehead atoms. The number of carbonyl (C=O) groups excluding carboxylic acids is 1. The summed E-state index contributed by atoms with van der Waals surface area (Å²) in [5, 5.41) is 2.90. The minimum atomic E-state index is -3.18. The molecule has 2 aromatic rings. The van der Waals surface area contributed by atoms with Crippen molar-refractivity contribution in [2.45, 2.75) is 31.7 Å². The van der Waals surface area contributed by atoms with Gasteiger partial charge in [0.05, 0.1) is 22.0 Å². The SMILES string of the molecule is CS(=O)(=O)N1CCCC[C@H]1CCNC(=O)c1ccc2ncsc2c1. The van der Waals surface area contributed by atoms with Gasteiger partial charge in [-0.2, -0.15) is 4.31 Å². The molecule has 0 saturated carbocycles. The highest BCUT2D eigenvalue weighted by molar-refractivity contribution is 7.88. The topological polar surface area (TPSA) is 79.4 Å². The summed E-state index contributed by atoms with van der Waals surface area (Å²) >= 11 is 1.50. The maximum absolute atomic E-state index is 12.3. The fourth-order valence-corrected chi connectivity index (χ4v) is 5.08. The minimum Gasteiger partial charge on any atom is -0.352 e. The Bertz CT molecular complexity index is 832. The molecule has 6 nitrogen and oxygen atoms in total. The molecule has 1 atom stereocenters. The number of benzene rings is 1. The first-order valence-corrected chi connectivity index (χ1v) is 10.8. The highest BCUT2D eigenvalue weighted by atomic mass is 32.2. The molecule has 0 unspecified atom stereocenters. The fraction of sp³-hybridized carbons (Fsp3) is 0.500. The molecule has 130 valence electrons. The number of fused-ring (bicyclic) bond motifs is 1. The smallest absolute Gasteiger partial charge is 0.251 e. The summed E-state index contributed by atoms with van der Waals surface area (Å²) in [4.78, 5) is 16.5. The predicted octanol–water partition coefficient (Wildman–Crippen LogP) is 2.23. The van der Waals surface area contributed by atoms with Gasteiger partial charge in [-0.3, -0.25) is 4.79 Å². The van der Waals surface area contributed by atoms with E-state index in [2.05, 4.69) is 10.3 Å². The summed E-state index contributed by atoms with van der Waals surface area (Å²) in [7, 11) is -3.18. The monoisotopic (exact) mass is 367 g/mol. The van der Waals surface area contributed by atoms with Crippen molar-refractivity contribution in [3.8, 4) is 0 Å². The van der Waals surface area contributed by atoms with E-state index in [-0.39, 0.29) is 11.9 Å². The zero-order valence-corrected chi connectivity index (χ0v) is 15.2. The van der Waals surface area contributed by atoms with Crippen LogP contribution in [0.2, 0.25) is 0 Å². The van der Waals surface area contributed by atoms with Gasteiger partial charge in [-0.25, -0.2) is 13.4 Å². The van der Waals surface area contributed by atoms with E-state index in [0.717, 1.165) is 29.5 Å². The van der Waals surface area contributed by atoms with Gasteiger partial charge in [-0.1, -0.05) is 6.42 Å². The maximum Gasteiger partial charge on any atom is 0.251 e. The Morgan fingerprint density at radius 3 is 3.04 bits per heavy atom. The van der Waals surface area contributed by atoms with Crippen LogP contribution in [0.25, 0.3) is 10.2 Å². The van der Waals surface area contributed by atoms with E-state index < -0.39 is 10.0 Å². The van der Waals surface area contributed by atoms with Crippen LogP contribution in [-0.2, 0) is 10.0 Å². The number of hydrogen-bond donors (Lipinski definition) is 1. The van der Waals surface area contributed by atoms with E-state index in [4.69, 9.17) is 0 Å². The van der Waals surface area contributed by atoms with Crippen LogP contribution >= 0.6 is 11.3 Å². The zero-order valence-electron chi connectivity index (χ0n) is 13.6. The van der Waals surface area contributed by atoms with Gasteiger partial charge in [-0.05, 0) is 37.5 Å². The van der Waals surface area contributed by atoms with Crippen molar-refractivity contribution in [3.63, 3.8) is 0 Å². The number of hydrogen-bond acceptors (Lipinski definition) is 5. The lowest BCUT2D eigenvalue weighted by atomic mass is 10.0. The van der Waals surface area contributed by atoms with Crippen molar-refractivity contribution >= 4 is 37.5 Å². The molecule has 3 rings (SSSR count). The summed E-state index contributed by atoms with van der Waals surface area (Å²) < 4.78 is 26.3. The van der Waals surface area contributed by atoms with Crippen LogP contribution in [-0.4, -0.2) is 49.0 Å². The van der Waals surface area contributed by atoms with E-state index in [9.17, 15) is 13.2 Å². The fourth-order valence-electron chi connectivity index (χ4n) is 3.15. The summed E-state index contributed by atoms with van der Waals surface area (Å²) in [5.74, 6) is -0.132. The molecule has 1 aliphatic rings. The molecule has 0 radical (unpaired) electrons. The molecule has 1 aliphatic heterocycles. The van der Waals surface area contributed by atoms with Gasteiger partial charge in [0.25, 0.3) is 5.91 Å². The van der Waals surface area contributed by atoms with Gasteiger partial charge in [0.2, 0.25) is 10.0 Å². The molecule has 1 aromatic carbocycles. The van der Waals surface area contributed by atoms with E-state index in [1.54, 1.807) is 15.9 Å². The number of amides is 1. The molecule has 1 aromatic heterocycles. The second-order valence-corrected chi connectivity index (χ2v) is 8.92. The Balaban J connectivity index is 1.57. The molecule has 1 amide bonds. The van der Waals surface area contributed by atoms with Crippen LogP contribution in [0, 0.1) is 0 Å². The first-order chi connectivity index (χ1) is 11.4. The van der Waals surface area contributed by atoms with E-state index >= 15 is 0 Å². The first-order valence-electron chi connectivity index (χ1n) is 8.03. The molecular formula is C16H21N3O3S2. The number of aromatic nitrogens is 1. The number of piperidine rings is 1. The van der Waals surface area contributed by atoms with Crippen molar-refractivity contribution < 1.29 is 13.2 Å². The van der Waals surface area contributed by atoms with Crippen molar-refractivity contribution in [1.82, 2.24) is 14.6 Å². The van der Waals surface area contributed by atoms with Crippen molar-refractivity contribution in [2.75, 3.05) is 19.3 Å². The molecular weight excluding hydrogens is 346 g/mol. The van der Waals surface area contributed by atoms with E-state index in [0.29, 0.717) is 25.1 Å². The zero-order chi connectivity index (χ0) is 17.2. The number of nitrogens with one attached hydrogen (secondary N) is 1. The average molecular weight is 367 g/mol. The van der Waals surface area contributed by atoms with Gasteiger partial charge in [0.15, 0.2) is 0 Å². The Morgan fingerprint density at radius 2 is 2.25 bits per heavy atom. The predicted molar refractivity (Wildman–Crippen MR) is 95.8 cm³/mol. The van der Waals surface area contributed by atoms with Crippen LogP contribution in [0.3, 0.4) is 0 Å². The lowest BCUT2D eigenvalue weighted by Crippen LogP contribution is -2.44. The Hall–Kier alpha value is -1.51. The van der Waals surface area contributed by atoms with Gasteiger partial charge in [0.1, 0.15) is 0 Å². The van der Waals surface area contributed by atoms with Gasteiger partial charge in [-0.15, -0.1) is 11.3 Å². The third-order valence-corrected chi connectivity index (χ3v) is 6.48. The standard InChI is InChI=1S/C16H21N3O3S2/c1-24(21,22)19-9-3-2-4-13(19)7-8-17-16(20)12-5-6-14-15(10-12)23-11-18-14/h5-6,10-11,13H,2-4,7-9H2,1H3,(H,17,20)/t13-/m0/s1. The Labute approximate surface area is 145 Å². The van der Waals surface area contributed by atoms with E-state index in [1.807, 2.05) is 12.1 Å². The number of carbonyl (C=O) groups is 1. The van der Waals surface area contributed by atoms with Crippen molar-refractivity contribution in [2.24, 2.45) is 0 Å². The number of nitrogens with zero attached hydrogens (tertiary/aromatic N) is 2. The molecule has 24 heavy (non-hydrogen) atoms. The van der Waals surface area contributed by atoms with Crippen LogP contribution in [0.5, 0.6) is 0 Å². The molecule has 8 heteroatoms. The van der Waals surface area contributed by atoms with Gasteiger partial charge in [0, 0.05) is 24.7 Å². The van der Waals surface area contributed by atoms with Crippen LogP contribution < -0.4 is 5.32 Å². The molecule has 1 saturated heterocycles. The third-order valence-electron chi connectivity index (χ3n) is 4.36. The lowest BCUT2D eigenvalue weighted by Gasteiger charge is -2.33. The highest BCUT2D eigenvalue weighted by Gasteiger charge is 2.28. The maximum atomic E-state index is 12.3. The van der Waals surface area contributed by atoms with Gasteiger partial charge >= 0.3 is 0 Å². The largest absolute Gasteiger partial charge is 0.352 e. The minimum absolute atomic E-state index is 0.0157. The summed E-state index contributed by atoms with van der Waals surface area (Å²) in [6, 6.07) is 5.43. The normalized spacial score (nSPS) is 19.5. The lowest BCUT2D eigenvalue weighted by molar-refractivity contribution is 0.0949. The molecule has 2 heterocycles. The summed E-state index contributed by atoms with van der Waals surface area (Å²) in [6.45, 7) is 1.05. The second kappa shape index (κ2) is 7.16. The average Bonchev–Trinajstić information content (AvgIpc) is 3.01. The number of rotatable bonds is 5. The van der Waals surface area contributed by atoms with Gasteiger partial charge < -0.3 is 5.32 Å². The molecule has 0 aliphatic carbocycles. The van der Waals surface area contributed by atoms with Crippen LogP contribution in [0.15, 0.2) is 23.7 Å². The third kappa shape index (κ3) is 3.93. The quantitative estimate of drug-likeness (QED) is 0.879. The van der Waals surface area contributed by atoms with Crippen molar-refractivity contribution in [1.29, 1.82) is 0 Å². The molecule has 1 fully saturated rings. The molecule has 1 N–H and O–H groups in total. The first kappa shape index (κ1) is 17.3. The van der Waals surface area contributed by atoms with Crippen LogP contribution in [0.1, 0.15) is 36.0 Å².